The lowest BCUT2D eigenvalue weighted by Crippen LogP contribution is -2.23. The standard InChI is InChI=1S/C25H20Cl2N2O4/c1-32-18-9-7-17(8-10-18)28-25(31)23(30)22-20-13-19(33-2)11-12-21(20)29(24(22)27)14-15-3-5-16(26)6-4-15/h3-13H,14H2,1-2H3,(H,28,31). The Bertz CT molecular complexity index is 1330. The fourth-order valence-corrected chi connectivity index (χ4v) is 4.01. The van der Waals surface area contributed by atoms with Crippen LogP contribution in [0.5, 0.6) is 11.5 Å². The van der Waals surface area contributed by atoms with Gasteiger partial charge in [-0.25, -0.2) is 0 Å². The topological polar surface area (TPSA) is 69.6 Å². The largest absolute Gasteiger partial charge is 0.497 e. The van der Waals surface area contributed by atoms with E-state index < -0.39 is 11.7 Å². The lowest BCUT2D eigenvalue weighted by atomic mass is 10.1. The van der Waals surface area contributed by atoms with Crippen molar-refractivity contribution in [2.45, 2.75) is 6.54 Å². The van der Waals surface area contributed by atoms with Gasteiger partial charge in [-0.15, -0.1) is 0 Å². The summed E-state index contributed by atoms with van der Waals surface area (Å²) in [7, 11) is 3.08. The van der Waals surface area contributed by atoms with Crippen LogP contribution in [0.4, 0.5) is 5.69 Å². The molecule has 0 atom stereocenters. The van der Waals surface area contributed by atoms with E-state index in [2.05, 4.69) is 5.32 Å². The highest BCUT2D eigenvalue weighted by Gasteiger charge is 2.27. The van der Waals surface area contributed by atoms with Gasteiger partial charge in [0.1, 0.15) is 16.7 Å². The molecule has 0 spiro atoms. The zero-order valence-electron chi connectivity index (χ0n) is 17.9. The van der Waals surface area contributed by atoms with Crippen LogP contribution in [0.15, 0.2) is 66.7 Å². The number of methoxy groups -OCH3 is 2. The van der Waals surface area contributed by atoms with Crippen LogP contribution in [0.2, 0.25) is 10.2 Å². The zero-order valence-corrected chi connectivity index (χ0v) is 19.4. The highest BCUT2D eigenvalue weighted by Crippen LogP contribution is 2.34. The molecule has 1 heterocycles. The van der Waals surface area contributed by atoms with Crippen molar-refractivity contribution >= 4 is 51.5 Å². The Labute approximate surface area is 200 Å². The van der Waals surface area contributed by atoms with E-state index in [4.69, 9.17) is 32.7 Å². The number of benzene rings is 3. The number of hydrogen-bond acceptors (Lipinski definition) is 4. The molecule has 0 radical (unpaired) electrons. The second kappa shape index (κ2) is 9.57. The number of fused-ring (bicyclic) bond motifs is 1. The van der Waals surface area contributed by atoms with E-state index in [0.717, 1.165) is 5.56 Å². The fourth-order valence-electron chi connectivity index (χ4n) is 3.55. The second-order valence-corrected chi connectivity index (χ2v) is 8.07. The maximum Gasteiger partial charge on any atom is 0.296 e. The average molecular weight is 483 g/mol. The van der Waals surface area contributed by atoms with Crippen molar-refractivity contribution in [3.05, 3.63) is 88.0 Å². The van der Waals surface area contributed by atoms with Crippen LogP contribution in [0.1, 0.15) is 15.9 Å². The summed E-state index contributed by atoms with van der Waals surface area (Å²) < 4.78 is 12.2. The van der Waals surface area contributed by atoms with Crippen molar-refractivity contribution in [1.29, 1.82) is 0 Å². The van der Waals surface area contributed by atoms with Gasteiger partial charge in [0, 0.05) is 22.6 Å². The van der Waals surface area contributed by atoms with Crippen molar-refractivity contribution in [3.63, 3.8) is 0 Å². The highest BCUT2D eigenvalue weighted by molar-refractivity contribution is 6.51. The maximum absolute atomic E-state index is 13.2. The Hall–Kier alpha value is -3.48. The van der Waals surface area contributed by atoms with Crippen molar-refractivity contribution in [3.8, 4) is 11.5 Å². The Morgan fingerprint density at radius 3 is 2.15 bits per heavy atom. The molecule has 33 heavy (non-hydrogen) atoms. The third-order valence-electron chi connectivity index (χ3n) is 5.24. The first kappa shape index (κ1) is 22.7. The van der Waals surface area contributed by atoms with Gasteiger partial charge in [-0.3, -0.25) is 9.59 Å². The molecule has 0 saturated heterocycles. The normalized spacial score (nSPS) is 10.8. The number of ether oxygens (including phenoxy) is 2. The molecule has 0 aliphatic carbocycles. The molecule has 168 valence electrons. The van der Waals surface area contributed by atoms with E-state index in [1.807, 2.05) is 18.2 Å². The minimum Gasteiger partial charge on any atom is -0.497 e. The van der Waals surface area contributed by atoms with Crippen molar-refractivity contribution in [1.82, 2.24) is 4.57 Å². The summed E-state index contributed by atoms with van der Waals surface area (Å²) in [4.78, 5) is 26.0. The van der Waals surface area contributed by atoms with Gasteiger partial charge in [0.15, 0.2) is 0 Å². The summed E-state index contributed by atoms with van der Waals surface area (Å²) in [6.45, 7) is 0.395. The fraction of sp³-hybridized carbons (Fsp3) is 0.120. The number of aromatic nitrogens is 1. The quantitative estimate of drug-likeness (QED) is 0.265. The minimum atomic E-state index is -0.796. The summed E-state index contributed by atoms with van der Waals surface area (Å²) in [5.74, 6) is -0.355. The molecule has 0 saturated carbocycles. The number of ketones is 1. The lowest BCUT2D eigenvalue weighted by Gasteiger charge is -2.08. The first-order valence-corrected chi connectivity index (χ1v) is 10.8. The number of amides is 1. The molecule has 1 aromatic heterocycles. The third kappa shape index (κ3) is 4.67. The Morgan fingerprint density at radius 2 is 1.52 bits per heavy atom. The van der Waals surface area contributed by atoms with Gasteiger partial charge in [-0.1, -0.05) is 35.3 Å². The van der Waals surface area contributed by atoms with E-state index in [-0.39, 0.29) is 10.7 Å². The predicted molar refractivity (Wildman–Crippen MR) is 130 cm³/mol. The second-order valence-electron chi connectivity index (χ2n) is 7.27. The number of rotatable bonds is 7. The van der Waals surface area contributed by atoms with Gasteiger partial charge >= 0.3 is 0 Å². The first-order valence-electron chi connectivity index (χ1n) is 10.0. The SMILES string of the molecule is COc1ccc(NC(=O)C(=O)c2c(Cl)n(Cc3ccc(Cl)cc3)c3ccc(OC)cc23)cc1. The number of carbonyl (C=O) groups is 2. The summed E-state index contributed by atoms with van der Waals surface area (Å²) >= 11 is 12.7. The van der Waals surface area contributed by atoms with Crippen molar-refractivity contribution < 1.29 is 19.1 Å². The average Bonchev–Trinajstić information content (AvgIpc) is 3.10. The first-order chi connectivity index (χ1) is 15.9. The van der Waals surface area contributed by atoms with Gasteiger partial charge in [0.2, 0.25) is 0 Å². The van der Waals surface area contributed by atoms with Crippen molar-refractivity contribution in [2.75, 3.05) is 19.5 Å². The zero-order chi connectivity index (χ0) is 23.5. The van der Waals surface area contributed by atoms with Crippen LogP contribution in [-0.4, -0.2) is 30.5 Å². The molecule has 4 rings (SSSR count). The number of hydrogen-bond donors (Lipinski definition) is 1. The molecule has 4 aromatic rings. The van der Waals surface area contributed by atoms with Gasteiger partial charge in [-0.05, 0) is 60.2 Å². The molecular formula is C25H20Cl2N2O4. The molecule has 0 fully saturated rings. The molecule has 3 aromatic carbocycles. The minimum absolute atomic E-state index is 0.116. The van der Waals surface area contributed by atoms with Crippen LogP contribution in [0.25, 0.3) is 10.9 Å². The number of nitrogens with zero attached hydrogens (tertiary/aromatic N) is 1. The van der Waals surface area contributed by atoms with Gasteiger partial charge < -0.3 is 19.4 Å². The molecular weight excluding hydrogens is 463 g/mol. The number of anilines is 1. The summed E-state index contributed by atoms with van der Waals surface area (Å²) in [5.41, 5.74) is 2.23. The molecule has 1 N–H and O–H groups in total. The summed E-state index contributed by atoms with van der Waals surface area (Å²) in [6.07, 6.45) is 0. The molecule has 6 nitrogen and oxygen atoms in total. The van der Waals surface area contributed by atoms with Crippen LogP contribution in [-0.2, 0) is 11.3 Å². The number of Topliss-reactive ketones (excluding diaryl/α,β-unsaturated/α-hetero) is 1. The van der Waals surface area contributed by atoms with Gasteiger partial charge in [0.25, 0.3) is 11.7 Å². The number of halogens is 2. The molecule has 1 amide bonds. The van der Waals surface area contributed by atoms with E-state index >= 15 is 0 Å². The molecule has 0 aliphatic heterocycles. The predicted octanol–water partition coefficient (Wildman–Crippen LogP) is 5.84. The van der Waals surface area contributed by atoms with E-state index in [1.165, 1.54) is 7.11 Å². The smallest absolute Gasteiger partial charge is 0.296 e. The van der Waals surface area contributed by atoms with Gasteiger partial charge in [0.05, 0.1) is 25.3 Å². The van der Waals surface area contributed by atoms with E-state index in [9.17, 15) is 9.59 Å². The Kier molecular flexibility index (Phi) is 6.58. The number of nitrogens with one attached hydrogen (secondary N) is 1. The van der Waals surface area contributed by atoms with Crippen molar-refractivity contribution in [2.24, 2.45) is 0 Å². The molecule has 8 heteroatoms. The highest BCUT2D eigenvalue weighted by atomic mass is 35.5. The molecule has 0 unspecified atom stereocenters. The molecule has 0 aliphatic rings. The summed E-state index contributed by atoms with van der Waals surface area (Å²) in [6, 6.07) is 19.3. The Balaban J connectivity index is 1.73. The van der Waals surface area contributed by atoms with Crippen LogP contribution in [0.3, 0.4) is 0 Å². The summed E-state index contributed by atoms with van der Waals surface area (Å²) in [5, 5.41) is 3.94. The van der Waals surface area contributed by atoms with Crippen LogP contribution < -0.4 is 14.8 Å². The third-order valence-corrected chi connectivity index (χ3v) is 5.89. The van der Waals surface area contributed by atoms with E-state index in [1.54, 1.807) is 60.2 Å². The molecule has 0 bridgehead atoms. The Morgan fingerprint density at radius 1 is 0.879 bits per heavy atom. The van der Waals surface area contributed by atoms with Crippen LogP contribution >= 0.6 is 23.2 Å². The van der Waals surface area contributed by atoms with Crippen LogP contribution in [0, 0.1) is 0 Å². The number of carbonyl (C=O) groups excluding carboxylic acids is 2. The monoisotopic (exact) mass is 482 g/mol. The lowest BCUT2D eigenvalue weighted by molar-refractivity contribution is -0.112. The maximum atomic E-state index is 13.2. The van der Waals surface area contributed by atoms with Gasteiger partial charge in [-0.2, -0.15) is 0 Å². The van der Waals surface area contributed by atoms with E-state index in [0.29, 0.717) is 39.7 Å².